The van der Waals surface area contributed by atoms with Crippen molar-refractivity contribution in [2.45, 2.75) is 26.3 Å². The predicted octanol–water partition coefficient (Wildman–Crippen LogP) is 0.897. The summed E-state index contributed by atoms with van der Waals surface area (Å²) in [5.74, 6) is -1.02. The van der Waals surface area contributed by atoms with E-state index in [1.165, 1.54) is 12.1 Å². The van der Waals surface area contributed by atoms with Crippen LogP contribution in [0.1, 0.15) is 41.0 Å². The van der Waals surface area contributed by atoms with Crippen LogP contribution in [-0.4, -0.2) is 30.3 Å². The highest BCUT2D eigenvalue weighted by atomic mass is 16.2. The van der Waals surface area contributed by atoms with E-state index < -0.39 is 11.8 Å². The van der Waals surface area contributed by atoms with E-state index in [-0.39, 0.29) is 18.5 Å². The number of nitrogens with one attached hydrogen (secondary N) is 3. The highest BCUT2D eigenvalue weighted by molar-refractivity contribution is 6.22. The third kappa shape index (κ3) is 3.03. The number of hydrogen-bond acceptors (Lipinski definition) is 4. The summed E-state index contributed by atoms with van der Waals surface area (Å²) in [4.78, 5) is 34.6. The molecule has 0 saturated heterocycles. The monoisotopic (exact) mass is 275 g/mol. The van der Waals surface area contributed by atoms with Gasteiger partial charge in [-0.1, -0.05) is 6.92 Å². The van der Waals surface area contributed by atoms with E-state index in [1.807, 2.05) is 13.8 Å². The molecule has 0 aliphatic carbocycles. The maximum absolute atomic E-state index is 11.7. The Bertz CT molecular complexity index is 569. The van der Waals surface area contributed by atoms with Gasteiger partial charge in [0.1, 0.15) is 0 Å². The van der Waals surface area contributed by atoms with Crippen LogP contribution in [0.25, 0.3) is 0 Å². The second kappa shape index (κ2) is 5.83. The molecular weight excluding hydrogens is 258 g/mol. The van der Waals surface area contributed by atoms with Gasteiger partial charge in [0.05, 0.1) is 17.7 Å². The second-order valence-corrected chi connectivity index (χ2v) is 4.78. The lowest BCUT2D eigenvalue weighted by molar-refractivity contribution is -0.115. The SMILES string of the molecule is CCC(C)NCC(=O)Nc1ccc2c(c1)C(=O)NC2=O. The van der Waals surface area contributed by atoms with Crippen molar-refractivity contribution in [1.82, 2.24) is 10.6 Å². The van der Waals surface area contributed by atoms with Crippen LogP contribution in [0.4, 0.5) is 5.69 Å². The zero-order valence-electron chi connectivity index (χ0n) is 11.4. The number of rotatable bonds is 5. The van der Waals surface area contributed by atoms with Gasteiger partial charge in [0.25, 0.3) is 11.8 Å². The first-order valence-corrected chi connectivity index (χ1v) is 6.54. The predicted molar refractivity (Wildman–Crippen MR) is 74.6 cm³/mol. The first-order valence-electron chi connectivity index (χ1n) is 6.54. The zero-order valence-corrected chi connectivity index (χ0v) is 11.4. The van der Waals surface area contributed by atoms with Crippen molar-refractivity contribution in [1.29, 1.82) is 0 Å². The number of hydrogen-bond donors (Lipinski definition) is 3. The fourth-order valence-electron chi connectivity index (χ4n) is 1.86. The van der Waals surface area contributed by atoms with Crippen LogP contribution in [0.5, 0.6) is 0 Å². The van der Waals surface area contributed by atoms with Crippen molar-refractivity contribution in [3.05, 3.63) is 29.3 Å². The largest absolute Gasteiger partial charge is 0.325 e. The minimum atomic E-state index is -0.432. The highest BCUT2D eigenvalue weighted by Crippen LogP contribution is 2.20. The Balaban J connectivity index is 2.01. The highest BCUT2D eigenvalue weighted by Gasteiger charge is 2.26. The summed E-state index contributed by atoms with van der Waals surface area (Å²) in [6.45, 7) is 4.24. The summed E-state index contributed by atoms with van der Waals surface area (Å²) in [5.41, 5.74) is 1.14. The smallest absolute Gasteiger partial charge is 0.259 e. The van der Waals surface area contributed by atoms with E-state index in [0.29, 0.717) is 16.8 Å². The molecule has 1 atom stereocenters. The lowest BCUT2D eigenvalue weighted by atomic mass is 10.1. The maximum Gasteiger partial charge on any atom is 0.259 e. The lowest BCUT2D eigenvalue weighted by Crippen LogP contribution is -2.33. The minimum absolute atomic E-state index is 0.185. The van der Waals surface area contributed by atoms with Crippen LogP contribution < -0.4 is 16.0 Å². The van der Waals surface area contributed by atoms with Gasteiger partial charge in [0, 0.05) is 11.7 Å². The molecule has 3 N–H and O–H groups in total. The van der Waals surface area contributed by atoms with Gasteiger partial charge >= 0.3 is 0 Å². The molecular formula is C14H17N3O3. The molecule has 0 saturated carbocycles. The van der Waals surface area contributed by atoms with E-state index >= 15 is 0 Å². The van der Waals surface area contributed by atoms with Crippen LogP contribution in [0.2, 0.25) is 0 Å². The topological polar surface area (TPSA) is 87.3 Å². The summed E-state index contributed by atoms with van der Waals surface area (Å²) in [5, 5.41) is 7.98. The Labute approximate surface area is 116 Å². The number of carbonyl (C=O) groups is 3. The molecule has 1 unspecified atom stereocenters. The molecule has 2 rings (SSSR count). The molecule has 0 radical (unpaired) electrons. The second-order valence-electron chi connectivity index (χ2n) is 4.78. The molecule has 3 amide bonds. The van der Waals surface area contributed by atoms with Gasteiger partial charge in [-0.2, -0.15) is 0 Å². The molecule has 1 aromatic carbocycles. The Morgan fingerprint density at radius 3 is 2.65 bits per heavy atom. The molecule has 1 aromatic rings. The fourth-order valence-corrected chi connectivity index (χ4v) is 1.86. The van der Waals surface area contributed by atoms with Crippen LogP contribution in [0, 0.1) is 0 Å². The summed E-state index contributed by atoms with van der Waals surface area (Å²) >= 11 is 0. The Morgan fingerprint density at radius 1 is 1.25 bits per heavy atom. The van der Waals surface area contributed by atoms with Crippen molar-refractivity contribution >= 4 is 23.4 Å². The number of amides is 3. The Morgan fingerprint density at radius 2 is 1.95 bits per heavy atom. The number of benzene rings is 1. The van der Waals surface area contributed by atoms with Gasteiger partial charge in [-0.25, -0.2) is 0 Å². The third-order valence-electron chi connectivity index (χ3n) is 3.24. The summed E-state index contributed by atoms with van der Waals surface area (Å²) < 4.78 is 0. The van der Waals surface area contributed by atoms with Crippen molar-refractivity contribution in [3.8, 4) is 0 Å². The first kappa shape index (κ1) is 14.2. The Kier molecular flexibility index (Phi) is 4.14. The minimum Gasteiger partial charge on any atom is -0.325 e. The maximum atomic E-state index is 11.7. The quantitative estimate of drug-likeness (QED) is 0.697. The molecule has 1 heterocycles. The molecule has 1 aliphatic heterocycles. The van der Waals surface area contributed by atoms with Gasteiger partial charge in [-0.05, 0) is 31.5 Å². The molecule has 20 heavy (non-hydrogen) atoms. The van der Waals surface area contributed by atoms with Gasteiger partial charge in [-0.3, -0.25) is 19.7 Å². The van der Waals surface area contributed by atoms with E-state index in [4.69, 9.17) is 0 Å². The molecule has 0 bridgehead atoms. The Hall–Kier alpha value is -2.21. The van der Waals surface area contributed by atoms with Crippen molar-refractivity contribution in [3.63, 3.8) is 0 Å². The normalized spacial score (nSPS) is 14.7. The summed E-state index contributed by atoms with van der Waals surface area (Å²) in [6.07, 6.45) is 0.939. The number of imide groups is 1. The molecule has 106 valence electrons. The van der Waals surface area contributed by atoms with Crippen molar-refractivity contribution in [2.75, 3.05) is 11.9 Å². The van der Waals surface area contributed by atoms with E-state index in [1.54, 1.807) is 6.07 Å². The molecule has 6 nitrogen and oxygen atoms in total. The van der Waals surface area contributed by atoms with E-state index in [9.17, 15) is 14.4 Å². The average molecular weight is 275 g/mol. The van der Waals surface area contributed by atoms with E-state index in [2.05, 4.69) is 16.0 Å². The first-order chi connectivity index (χ1) is 9.51. The van der Waals surface area contributed by atoms with Crippen molar-refractivity contribution < 1.29 is 14.4 Å². The number of fused-ring (bicyclic) bond motifs is 1. The van der Waals surface area contributed by atoms with Crippen LogP contribution in [-0.2, 0) is 4.79 Å². The number of carbonyl (C=O) groups excluding carboxylic acids is 3. The average Bonchev–Trinajstić information content (AvgIpc) is 2.71. The fraction of sp³-hybridized carbons (Fsp3) is 0.357. The summed E-state index contributed by atoms with van der Waals surface area (Å²) in [7, 11) is 0. The van der Waals surface area contributed by atoms with Crippen LogP contribution in [0.15, 0.2) is 18.2 Å². The standard InChI is InChI=1S/C14H17N3O3/c1-3-8(2)15-7-12(18)16-9-4-5-10-11(6-9)14(20)17-13(10)19/h4-6,8,15H,3,7H2,1-2H3,(H,16,18)(H,17,19,20). The van der Waals surface area contributed by atoms with Gasteiger partial charge in [-0.15, -0.1) is 0 Å². The molecule has 0 aromatic heterocycles. The van der Waals surface area contributed by atoms with Gasteiger partial charge in [0.2, 0.25) is 5.91 Å². The summed E-state index contributed by atoms with van der Waals surface area (Å²) in [6, 6.07) is 4.92. The van der Waals surface area contributed by atoms with Crippen LogP contribution >= 0.6 is 0 Å². The van der Waals surface area contributed by atoms with Gasteiger partial charge in [0.15, 0.2) is 0 Å². The zero-order chi connectivity index (χ0) is 14.7. The third-order valence-corrected chi connectivity index (χ3v) is 3.24. The van der Waals surface area contributed by atoms with E-state index in [0.717, 1.165) is 6.42 Å². The number of anilines is 1. The van der Waals surface area contributed by atoms with Gasteiger partial charge < -0.3 is 10.6 Å². The molecule has 0 fully saturated rings. The van der Waals surface area contributed by atoms with Crippen LogP contribution in [0.3, 0.4) is 0 Å². The molecule has 1 aliphatic rings. The molecule has 6 heteroatoms. The van der Waals surface area contributed by atoms with Crippen molar-refractivity contribution in [2.24, 2.45) is 0 Å². The lowest BCUT2D eigenvalue weighted by Gasteiger charge is -2.11. The molecule has 0 spiro atoms.